The summed E-state index contributed by atoms with van der Waals surface area (Å²) in [7, 11) is 0. The predicted molar refractivity (Wildman–Crippen MR) is 93.1 cm³/mol. The fourth-order valence-corrected chi connectivity index (χ4v) is 3.51. The smallest absolute Gasteiger partial charge is 0.0752 e. The number of nitrogens with one attached hydrogen (secondary N) is 1. The van der Waals surface area contributed by atoms with Crippen LogP contribution in [-0.4, -0.2) is 22.7 Å². The maximum atomic E-state index is 10.5. The van der Waals surface area contributed by atoms with Crippen molar-refractivity contribution in [2.24, 2.45) is 5.92 Å². The molecule has 0 amide bonds. The minimum Gasteiger partial charge on any atom is -0.392 e. The van der Waals surface area contributed by atoms with Gasteiger partial charge in [0, 0.05) is 12.7 Å². The van der Waals surface area contributed by atoms with Crippen LogP contribution < -0.4 is 5.32 Å². The van der Waals surface area contributed by atoms with Crippen LogP contribution in [0, 0.1) is 5.92 Å². The van der Waals surface area contributed by atoms with E-state index in [1.807, 2.05) is 42.6 Å². The molecule has 122 valence electrons. The topological polar surface area (TPSA) is 45.1 Å². The average molecular weight is 310 g/mol. The molecule has 2 atom stereocenters. The molecule has 0 saturated heterocycles. The summed E-state index contributed by atoms with van der Waals surface area (Å²) in [5.74, 6) is 0.441. The van der Waals surface area contributed by atoms with Crippen molar-refractivity contribution in [3.8, 4) is 0 Å². The Labute approximate surface area is 138 Å². The molecule has 1 aliphatic rings. The van der Waals surface area contributed by atoms with Crippen molar-refractivity contribution in [1.29, 1.82) is 0 Å². The predicted octanol–water partition coefficient (Wildman–Crippen LogP) is 3.70. The Hall–Kier alpha value is -1.71. The van der Waals surface area contributed by atoms with Crippen LogP contribution in [0.5, 0.6) is 0 Å². The van der Waals surface area contributed by atoms with Crippen molar-refractivity contribution in [2.75, 3.05) is 6.54 Å². The number of aromatic nitrogens is 1. The summed E-state index contributed by atoms with van der Waals surface area (Å²) in [6.07, 6.45) is 7.69. The van der Waals surface area contributed by atoms with Crippen LogP contribution in [0.15, 0.2) is 54.7 Å². The van der Waals surface area contributed by atoms with Gasteiger partial charge in [-0.15, -0.1) is 0 Å². The standard InChI is InChI=1S/C20H26N2O/c23-19(16-9-3-1-4-10-16)15-22-20(17-11-5-2-6-12-17)18-13-7-8-14-21-18/h2,5-8,11-14,16,19-20,22-23H,1,3-4,9-10,15H2. The van der Waals surface area contributed by atoms with Crippen LogP contribution in [0.1, 0.15) is 49.4 Å². The monoisotopic (exact) mass is 310 g/mol. The highest BCUT2D eigenvalue weighted by Gasteiger charge is 2.23. The fourth-order valence-electron chi connectivity index (χ4n) is 3.51. The molecule has 2 N–H and O–H groups in total. The quantitative estimate of drug-likeness (QED) is 0.855. The summed E-state index contributed by atoms with van der Waals surface area (Å²) in [4.78, 5) is 4.50. The second kappa shape index (κ2) is 8.23. The number of hydrogen-bond acceptors (Lipinski definition) is 3. The first kappa shape index (κ1) is 16.2. The highest BCUT2D eigenvalue weighted by molar-refractivity contribution is 5.27. The molecule has 0 aliphatic heterocycles. The van der Waals surface area contributed by atoms with E-state index in [0.717, 1.165) is 18.5 Å². The lowest BCUT2D eigenvalue weighted by atomic mass is 9.85. The Kier molecular flexibility index (Phi) is 5.78. The molecule has 2 unspecified atom stereocenters. The average Bonchev–Trinajstić information content (AvgIpc) is 2.64. The zero-order valence-corrected chi connectivity index (χ0v) is 13.6. The molecular weight excluding hydrogens is 284 g/mol. The van der Waals surface area contributed by atoms with Crippen LogP contribution in [-0.2, 0) is 0 Å². The zero-order chi connectivity index (χ0) is 15.9. The van der Waals surface area contributed by atoms with Crippen molar-refractivity contribution in [3.63, 3.8) is 0 Å². The minimum absolute atomic E-state index is 0.0237. The third-order valence-corrected chi connectivity index (χ3v) is 4.84. The summed E-state index contributed by atoms with van der Waals surface area (Å²) in [6.45, 7) is 0.612. The van der Waals surface area contributed by atoms with Crippen molar-refractivity contribution in [3.05, 3.63) is 66.0 Å². The SMILES string of the molecule is OC(CNC(c1ccccc1)c1ccccn1)C1CCCCC1. The maximum absolute atomic E-state index is 10.5. The summed E-state index contributed by atoms with van der Waals surface area (Å²) < 4.78 is 0. The van der Waals surface area contributed by atoms with Gasteiger partial charge in [0.25, 0.3) is 0 Å². The normalized spacial score (nSPS) is 18.5. The Morgan fingerprint density at radius 2 is 1.74 bits per heavy atom. The van der Waals surface area contributed by atoms with Gasteiger partial charge in [0.2, 0.25) is 0 Å². The number of aliphatic hydroxyl groups is 1. The molecule has 2 aromatic rings. The van der Waals surface area contributed by atoms with Crippen molar-refractivity contribution in [2.45, 2.75) is 44.2 Å². The molecule has 1 aromatic heterocycles. The van der Waals surface area contributed by atoms with Crippen LogP contribution in [0.25, 0.3) is 0 Å². The van der Waals surface area contributed by atoms with Crippen LogP contribution in [0.2, 0.25) is 0 Å². The molecule has 3 heteroatoms. The molecule has 1 aliphatic carbocycles. The molecule has 23 heavy (non-hydrogen) atoms. The summed E-state index contributed by atoms with van der Waals surface area (Å²) in [5, 5.41) is 14.1. The van der Waals surface area contributed by atoms with Gasteiger partial charge in [-0.2, -0.15) is 0 Å². The van der Waals surface area contributed by atoms with Gasteiger partial charge in [-0.25, -0.2) is 0 Å². The number of benzene rings is 1. The third kappa shape index (κ3) is 4.40. The number of pyridine rings is 1. The Balaban J connectivity index is 1.69. The summed E-state index contributed by atoms with van der Waals surface area (Å²) >= 11 is 0. The van der Waals surface area contributed by atoms with Gasteiger partial charge in [0.05, 0.1) is 17.8 Å². The second-order valence-electron chi connectivity index (χ2n) is 6.47. The van der Waals surface area contributed by atoms with Gasteiger partial charge < -0.3 is 10.4 Å². The zero-order valence-electron chi connectivity index (χ0n) is 13.6. The highest BCUT2D eigenvalue weighted by Crippen LogP contribution is 2.27. The van der Waals surface area contributed by atoms with Crippen molar-refractivity contribution in [1.82, 2.24) is 10.3 Å². The minimum atomic E-state index is -0.273. The number of rotatable bonds is 6. The van der Waals surface area contributed by atoms with E-state index in [1.165, 1.54) is 24.8 Å². The van der Waals surface area contributed by atoms with Gasteiger partial charge in [-0.1, -0.05) is 55.7 Å². The van der Waals surface area contributed by atoms with Crippen molar-refractivity contribution < 1.29 is 5.11 Å². The van der Waals surface area contributed by atoms with Crippen LogP contribution in [0.3, 0.4) is 0 Å². The molecular formula is C20H26N2O. The molecule has 3 nitrogen and oxygen atoms in total. The molecule has 1 heterocycles. The lowest BCUT2D eigenvalue weighted by Gasteiger charge is -2.28. The van der Waals surface area contributed by atoms with E-state index in [2.05, 4.69) is 22.4 Å². The lowest BCUT2D eigenvalue weighted by Crippen LogP contribution is -2.36. The second-order valence-corrected chi connectivity index (χ2v) is 6.47. The fraction of sp³-hybridized carbons (Fsp3) is 0.450. The van der Waals surface area contributed by atoms with Gasteiger partial charge in [-0.3, -0.25) is 4.98 Å². The van der Waals surface area contributed by atoms with Crippen LogP contribution >= 0.6 is 0 Å². The number of hydrogen-bond donors (Lipinski definition) is 2. The van der Waals surface area contributed by atoms with E-state index in [1.54, 1.807) is 0 Å². The first-order valence-corrected chi connectivity index (χ1v) is 8.72. The Morgan fingerprint density at radius 3 is 2.43 bits per heavy atom. The molecule has 1 aromatic carbocycles. The van der Waals surface area contributed by atoms with E-state index < -0.39 is 0 Å². The molecule has 1 saturated carbocycles. The summed E-state index contributed by atoms with van der Waals surface area (Å²) in [6, 6.07) is 16.3. The maximum Gasteiger partial charge on any atom is 0.0752 e. The van der Waals surface area contributed by atoms with Crippen molar-refractivity contribution >= 4 is 0 Å². The molecule has 3 rings (SSSR count). The van der Waals surface area contributed by atoms with Gasteiger partial charge >= 0.3 is 0 Å². The Bertz CT molecular complexity index is 527. The molecule has 0 spiro atoms. The Morgan fingerprint density at radius 1 is 1.00 bits per heavy atom. The largest absolute Gasteiger partial charge is 0.392 e. The van der Waals surface area contributed by atoms with E-state index in [9.17, 15) is 5.11 Å². The molecule has 0 bridgehead atoms. The summed E-state index contributed by atoms with van der Waals surface area (Å²) in [5.41, 5.74) is 2.18. The first-order chi connectivity index (χ1) is 11.3. The molecule has 1 fully saturated rings. The van der Waals surface area contributed by atoms with E-state index in [4.69, 9.17) is 0 Å². The van der Waals surface area contributed by atoms with Gasteiger partial charge in [-0.05, 0) is 36.5 Å². The van der Waals surface area contributed by atoms with Gasteiger partial charge in [0.1, 0.15) is 0 Å². The van der Waals surface area contributed by atoms with E-state index in [0.29, 0.717) is 12.5 Å². The lowest BCUT2D eigenvalue weighted by molar-refractivity contribution is 0.0824. The number of nitrogens with zero attached hydrogens (tertiary/aromatic N) is 1. The van der Waals surface area contributed by atoms with E-state index in [-0.39, 0.29) is 12.1 Å². The van der Waals surface area contributed by atoms with Gasteiger partial charge in [0.15, 0.2) is 0 Å². The first-order valence-electron chi connectivity index (χ1n) is 8.72. The highest BCUT2D eigenvalue weighted by atomic mass is 16.3. The van der Waals surface area contributed by atoms with E-state index >= 15 is 0 Å². The molecule has 0 radical (unpaired) electrons. The third-order valence-electron chi connectivity index (χ3n) is 4.84. The number of aliphatic hydroxyl groups excluding tert-OH is 1. The van der Waals surface area contributed by atoms with Crippen LogP contribution in [0.4, 0.5) is 0 Å².